The van der Waals surface area contributed by atoms with E-state index in [1.54, 1.807) is 6.92 Å². The van der Waals surface area contributed by atoms with Gasteiger partial charge in [0.05, 0.1) is 19.2 Å². The Labute approximate surface area is 78.7 Å². The largest absolute Gasteiger partial charge is 0.393 e. The molecule has 4 heteroatoms. The molecule has 0 saturated carbocycles. The number of rotatable bonds is 6. The number of aliphatic hydroxyl groups excluding tert-OH is 1. The maximum Gasteiger partial charge on any atom is 0.233 e. The lowest BCUT2D eigenvalue weighted by Crippen LogP contribution is -2.35. The highest BCUT2D eigenvalue weighted by Crippen LogP contribution is 1.85. The van der Waals surface area contributed by atoms with Crippen LogP contribution < -0.4 is 10.6 Å². The molecule has 0 heterocycles. The van der Waals surface area contributed by atoms with Crippen molar-refractivity contribution in [3.8, 4) is 12.3 Å². The third-order valence-corrected chi connectivity index (χ3v) is 1.40. The van der Waals surface area contributed by atoms with E-state index < -0.39 is 0 Å². The van der Waals surface area contributed by atoms with Gasteiger partial charge in [-0.25, -0.2) is 0 Å². The van der Waals surface area contributed by atoms with Crippen LogP contribution in [0.2, 0.25) is 0 Å². The first-order valence-electron chi connectivity index (χ1n) is 4.25. The van der Waals surface area contributed by atoms with Crippen LogP contribution in [0.15, 0.2) is 0 Å². The molecule has 0 aromatic heterocycles. The zero-order valence-corrected chi connectivity index (χ0v) is 7.84. The van der Waals surface area contributed by atoms with Gasteiger partial charge in [0.15, 0.2) is 0 Å². The first-order valence-corrected chi connectivity index (χ1v) is 4.25. The van der Waals surface area contributed by atoms with Crippen LogP contribution in [-0.4, -0.2) is 36.8 Å². The third kappa shape index (κ3) is 8.86. The molecule has 4 nitrogen and oxygen atoms in total. The topological polar surface area (TPSA) is 61.4 Å². The van der Waals surface area contributed by atoms with Gasteiger partial charge in [-0.3, -0.25) is 10.1 Å². The Bertz CT molecular complexity index is 185. The van der Waals surface area contributed by atoms with Gasteiger partial charge < -0.3 is 10.4 Å². The van der Waals surface area contributed by atoms with Crippen LogP contribution in [0.4, 0.5) is 0 Å². The lowest BCUT2D eigenvalue weighted by molar-refractivity contribution is -0.120. The number of nitrogens with one attached hydrogen (secondary N) is 2. The highest BCUT2D eigenvalue weighted by atomic mass is 16.3. The van der Waals surface area contributed by atoms with Crippen LogP contribution in [0.25, 0.3) is 0 Å². The van der Waals surface area contributed by atoms with Gasteiger partial charge in [0.25, 0.3) is 0 Å². The summed E-state index contributed by atoms with van der Waals surface area (Å²) in [5.41, 5.74) is 0. The van der Waals surface area contributed by atoms with Gasteiger partial charge in [0.2, 0.25) is 5.91 Å². The zero-order chi connectivity index (χ0) is 10.1. The Hall–Kier alpha value is -1.05. The van der Waals surface area contributed by atoms with Gasteiger partial charge in [-0.15, -0.1) is 6.42 Å². The second kappa shape index (κ2) is 7.59. The predicted octanol–water partition coefficient (Wildman–Crippen LogP) is -0.904. The van der Waals surface area contributed by atoms with Crippen molar-refractivity contribution in [3.05, 3.63) is 0 Å². The van der Waals surface area contributed by atoms with E-state index in [1.165, 1.54) is 0 Å². The minimum Gasteiger partial charge on any atom is -0.393 e. The summed E-state index contributed by atoms with van der Waals surface area (Å²) in [6.07, 6.45) is 5.17. The molecule has 0 aromatic rings. The van der Waals surface area contributed by atoms with Crippen LogP contribution in [0.5, 0.6) is 0 Å². The molecule has 0 aliphatic heterocycles. The van der Waals surface area contributed by atoms with Crippen LogP contribution in [0, 0.1) is 12.3 Å². The number of carbonyl (C=O) groups is 1. The van der Waals surface area contributed by atoms with Gasteiger partial charge in [0.1, 0.15) is 0 Å². The predicted molar refractivity (Wildman–Crippen MR) is 51.0 cm³/mol. The maximum atomic E-state index is 11.0. The fraction of sp³-hybridized carbons (Fsp3) is 0.667. The highest BCUT2D eigenvalue weighted by Gasteiger charge is 2.00. The molecular formula is C9H16N2O2. The van der Waals surface area contributed by atoms with Crippen molar-refractivity contribution in [2.75, 3.05) is 19.6 Å². The van der Waals surface area contributed by atoms with Crippen LogP contribution >= 0.6 is 0 Å². The van der Waals surface area contributed by atoms with Crippen molar-refractivity contribution in [3.63, 3.8) is 0 Å². The third-order valence-electron chi connectivity index (χ3n) is 1.40. The molecule has 1 atom stereocenters. The maximum absolute atomic E-state index is 11.0. The zero-order valence-electron chi connectivity index (χ0n) is 7.84. The number of hydrogen-bond acceptors (Lipinski definition) is 3. The Morgan fingerprint density at radius 3 is 2.92 bits per heavy atom. The molecule has 13 heavy (non-hydrogen) atoms. The molecular weight excluding hydrogens is 168 g/mol. The molecule has 0 fully saturated rings. The van der Waals surface area contributed by atoms with Crippen molar-refractivity contribution < 1.29 is 9.90 Å². The summed E-state index contributed by atoms with van der Waals surface area (Å²) >= 11 is 0. The van der Waals surface area contributed by atoms with Gasteiger partial charge >= 0.3 is 0 Å². The minimum absolute atomic E-state index is 0.101. The highest BCUT2D eigenvalue weighted by molar-refractivity contribution is 5.77. The monoisotopic (exact) mass is 184 g/mol. The molecule has 0 bridgehead atoms. The fourth-order valence-corrected chi connectivity index (χ4v) is 0.731. The van der Waals surface area contributed by atoms with Crippen LogP contribution in [-0.2, 0) is 4.79 Å². The summed E-state index contributed by atoms with van der Waals surface area (Å²) in [6.45, 7) is 2.80. The quantitative estimate of drug-likeness (QED) is 0.370. The molecule has 0 aliphatic rings. The van der Waals surface area contributed by atoms with Crippen molar-refractivity contribution in [2.24, 2.45) is 0 Å². The van der Waals surface area contributed by atoms with Crippen molar-refractivity contribution >= 4 is 5.91 Å². The van der Waals surface area contributed by atoms with E-state index in [1.807, 2.05) is 0 Å². The summed E-state index contributed by atoms with van der Waals surface area (Å²) in [7, 11) is 0. The van der Waals surface area contributed by atoms with Gasteiger partial charge in [-0.1, -0.05) is 5.92 Å². The summed E-state index contributed by atoms with van der Waals surface area (Å²) < 4.78 is 0. The fourth-order valence-electron chi connectivity index (χ4n) is 0.731. The van der Waals surface area contributed by atoms with Gasteiger partial charge in [0, 0.05) is 6.54 Å². The van der Waals surface area contributed by atoms with Gasteiger partial charge in [-0.2, -0.15) is 0 Å². The first-order chi connectivity index (χ1) is 6.16. The van der Waals surface area contributed by atoms with Crippen molar-refractivity contribution in [2.45, 2.75) is 19.4 Å². The Kier molecular flexibility index (Phi) is 6.98. The molecule has 0 aliphatic carbocycles. The first kappa shape index (κ1) is 11.9. The van der Waals surface area contributed by atoms with E-state index in [0.717, 1.165) is 0 Å². The Morgan fingerprint density at radius 2 is 2.38 bits per heavy atom. The van der Waals surface area contributed by atoms with E-state index >= 15 is 0 Å². The van der Waals surface area contributed by atoms with Crippen LogP contribution in [0.3, 0.4) is 0 Å². The lowest BCUT2D eigenvalue weighted by atomic mass is 10.3. The van der Waals surface area contributed by atoms with Crippen LogP contribution in [0.1, 0.15) is 13.3 Å². The number of terminal acetylenes is 1. The molecule has 74 valence electrons. The molecule has 0 rings (SSSR count). The van der Waals surface area contributed by atoms with Gasteiger partial charge in [-0.05, 0) is 13.3 Å². The number of amides is 1. The molecule has 0 aromatic carbocycles. The summed E-state index contributed by atoms with van der Waals surface area (Å²) in [5.74, 6) is 2.27. The number of aliphatic hydroxyl groups is 1. The minimum atomic E-state index is -0.376. The summed E-state index contributed by atoms with van der Waals surface area (Å²) in [4.78, 5) is 11.0. The van der Waals surface area contributed by atoms with E-state index in [9.17, 15) is 4.79 Å². The van der Waals surface area contributed by atoms with E-state index in [2.05, 4.69) is 16.6 Å². The molecule has 0 saturated heterocycles. The normalized spacial score (nSPS) is 11.8. The van der Waals surface area contributed by atoms with Crippen molar-refractivity contribution in [1.82, 2.24) is 10.6 Å². The number of carbonyl (C=O) groups excluding carboxylic acids is 1. The second-order valence-corrected chi connectivity index (χ2v) is 2.80. The summed E-state index contributed by atoms with van der Waals surface area (Å²) in [5, 5.41) is 14.3. The van der Waals surface area contributed by atoms with E-state index in [0.29, 0.717) is 19.5 Å². The van der Waals surface area contributed by atoms with E-state index in [-0.39, 0.29) is 18.6 Å². The summed E-state index contributed by atoms with van der Waals surface area (Å²) in [6, 6.07) is 0. The molecule has 1 unspecified atom stereocenters. The Morgan fingerprint density at radius 1 is 1.69 bits per heavy atom. The molecule has 0 spiro atoms. The molecule has 0 radical (unpaired) electrons. The van der Waals surface area contributed by atoms with Crippen molar-refractivity contribution in [1.29, 1.82) is 0 Å². The molecule has 3 N–H and O–H groups in total. The Balaban J connectivity index is 3.26. The molecule has 1 amide bonds. The van der Waals surface area contributed by atoms with E-state index in [4.69, 9.17) is 11.5 Å². The standard InChI is InChI=1S/C9H16N2O2/c1-3-5-10-7-9(13)11-6-4-8(2)12/h1,8,10,12H,4-7H2,2H3,(H,11,13). The lowest BCUT2D eigenvalue weighted by Gasteiger charge is -2.06. The smallest absolute Gasteiger partial charge is 0.233 e. The SMILES string of the molecule is C#CCNCC(=O)NCCC(C)O. The average Bonchev–Trinajstić information content (AvgIpc) is 2.04. The number of hydrogen-bond donors (Lipinski definition) is 3. The second-order valence-electron chi connectivity index (χ2n) is 2.80. The average molecular weight is 184 g/mol.